The lowest BCUT2D eigenvalue weighted by Crippen LogP contribution is -2.42. The van der Waals surface area contributed by atoms with Crippen LogP contribution in [0.5, 0.6) is 23.0 Å². The molecule has 0 spiro atoms. The van der Waals surface area contributed by atoms with Gasteiger partial charge in [-0.2, -0.15) is 0 Å². The number of nitrogens with two attached hydrogens (primary N) is 1. The average molecular weight is 883 g/mol. The van der Waals surface area contributed by atoms with Gasteiger partial charge in [0.15, 0.2) is 0 Å². The van der Waals surface area contributed by atoms with E-state index in [2.05, 4.69) is 74.8 Å². The minimum absolute atomic E-state index is 0.0274. The number of rotatable bonds is 11. The fourth-order valence-corrected chi connectivity index (χ4v) is 7.55. The number of ether oxygens (including phenoxy) is 5. The Hall–Kier alpha value is -3.87. The number of hydrogen-bond donors (Lipinski definition) is 2. The van der Waals surface area contributed by atoms with Gasteiger partial charge in [-0.25, -0.2) is 4.79 Å². The van der Waals surface area contributed by atoms with Gasteiger partial charge in [0, 0.05) is 65.2 Å². The molecule has 4 heterocycles. The van der Waals surface area contributed by atoms with Gasteiger partial charge in [-0.15, -0.1) is 0 Å². The van der Waals surface area contributed by atoms with Gasteiger partial charge >= 0.3 is 6.09 Å². The fourth-order valence-electron chi connectivity index (χ4n) is 6.64. The van der Waals surface area contributed by atoms with Gasteiger partial charge in [0.25, 0.3) is 0 Å². The molecular weight excluding hydrogens is 828 g/mol. The van der Waals surface area contributed by atoms with E-state index in [1.165, 1.54) is 0 Å². The molecule has 2 aromatic carbocycles. The zero-order valence-corrected chi connectivity index (χ0v) is 36.4. The summed E-state index contributed by atoms with van der Waals surface area (Å²) in [4.78, 5) is 20.7. The lowest BCUT2D eigenvalue weighted by molar-refractivity contribution is 0.0480. The van der Waals surface area contributed by atoms with Gasteiger partial charge in [0.05, 0.1) is 15.0 Å². The molecule has 0 bridgehead atoms. The Kier molecular flexibility index (Phi) is 14.1. The van der Waals surface area contributed by atoms with Crippen LogP contribution in [-0.2, 0) is 4.74 Å². The highest BCUT2D eigenvalue weighted by Crippen LogP contribution is 2.47. The highest BCUT2D eigenvalue weighted by Gasteiger charge is 2.27. The molecule has 3 N–H and O–H groups in total. The maximum absolute atomic E-state index is 12.3. The minimum Gasteiger partial charge on any atom is -0.491 e. The molecule has 2 aliphatic rings. The van der Waals surface area contributed by atoms with E-state index >= 15 is 0 Å². The molecule has 0 radical (unpaired) electrons. The summed E-state index contributed by atoms with van der Waals surface area (Å²) >= 11 is 7.23. The van der Waals surface area contributed by atoms with E-state index in [4.69, 9.17) is 29.4 Å². The van der Waals surface area contributed by atoms with Gasteiger partial charge in [0.2, 0.25) is 0 Å². The van der Waals surface area contributed by atoms with Crippen LogP contribution in [0.4, 0.5) is 4.79 Å². The van der Waals surface area contributed by atoms with Gasteiger partial charge in [0.1, 0.15) is 54.0 Å². The zero-order valence-electron chi connectivity index (χ0n) is 33.2. The van der Waals surface area contributed by atoms with E-state index in [-0.39, 0.29) is 24.3 Å². The van der Waals surface area contributed by atoms with E-state index < -0.39 is 11.7 Å². The predicted octanol–water partition coefficient (Wildman–Crippen LogP) is 11.0. The van der Waals surface area contributed by atoms with Crippen LogP contribution < -0.4 is 30.0 Å². The first-order valence-electron chi connectivity index (χ1n) is 18.9. The van der Waals surface area contributed by atoms with Crippen LogP contribution in [0.3, 0.4) is 0 Å². The first-order chi connectivity index (χ1) is 26.0. The number of nitrogens with one attached hydrogen (secondary N) is 1. The van der Waals surface area contributed by atoms with Crippen LogP contribution in [0.2, 0.25) is 0 Å². The van der Waals surface area contributed by atoms with E-state index in [9.17, 15) is 4.79 Å². The molecule has 2 unspecified atom stereocenters. The van der Waals surface area contributed by atoms with Crippen molar-refractivity contribution in [2.24, 2.45) is 17.6 Å². The largest absolute Gasteiger partial charge is 0.491 e. The maximum Gasteiger partial charge on any atom is 0.407 e. The second-order valence-corrected chi connectivity index (χ2v) is 17.7. The number of hydrogen-bond acceptors (Lipinski definition) is 9. The Balaban J connectivity index is 0.000000218. The SMILES string of the molecule is CC(C)C[C@@H](COc1cc2c(cc1Br)-c1ccncc1C(C)O2)NC(=O)OC(C)(C)C.CC(C)C[C@H](N)COc1cc2c(cc1Br)-c1ccncc1C(C)O2. The number of nitrogens with zero attached hydrogens (tertiary/aromatic N) is 2. The monoisotopic (exact) mass is 880 g/mol. The van der Waals surface area contributed by atoms with E-state index in [1.54, 1.807) is 6.20 Å². The van der Waals surface area contributed by atoms with Crippen LogP contribution in [-0.4, -0.2) is 47.0 Å². The number of pyridine rings is 2. The van der Waals surface area contributed by atoms with Crippen molar-refractivity contribution in [3.63, 3.8) is 0 Å². The Morgan fingerprint density at radius 2 is 1.25 bits per heavy atom. The van der Waals surface area contributed by atoms with Crippen LogP contribution in [0.25, 0.3) is 22.3 Å². The standard InChI is InChI=1S/C24H31BrN2O4.C19H23BrN2O2/c1-14(2)9-16(27-23(28)31-24(4,5)6)13-29-22-11-21-18(10-20(22)25)17-7-8-26-12-19(17)15(3)30-21;1-11(2)6-13(21)10-23-19-8-18-15(7-17(19)20)14-4-5-22-9-16(14)12(3)24-18/h7-8,10-12,14-16H,9,13H2,1-6H3,(H,27,28);4-5,7-9,11-13H,6,10,21H2,1-3H3/t15?,16-;12?,13-/m00/s1. The summed E-state index contributed by atoms with van der Waals surface area (Å²) in [5.41, 5.74) is 12.1. The molecule has 55 heavy (non-hydrogen) atoms. The molecule has 296 valence electrons. The molecule has 0 fully saturated rings. The van der Waals surface area contributed by atoms with Crippen molar-refractivity contribution in [2.75, 3.05) is 13.2 Å². The van der Waals surface area contributed by atoms with Gasteiger partial charge in [-0.3, -0.25) is 9.97 Å². The summed E-state index contributed by atoms with van der Waals surface area (Å²) in [5, 5.41) is 2.94. The average Bonchev–Trinajstić information content (AvgIpc) is 3.10. The molecule has 10 nitrogen and oxygen atoms in total. The van der Waals surface area contributed by atoms with Crippen LogP contribution in [0, 0.1) is 11.8 Å². The highest BCUT2D eigenvalue weighted by atomic mass is 79.9. The molecule has 0 aliphatic carbocycles. The van der Waals surface area contributed by atoms with Crippen molar-refractivity contribution in [3.05, 3.63) is 81.3 Å². The van der Waals surface area contributed by atoms with Gasteiger partial charge in [-0.1, -0.05) is 27.7 Å². The second-order valence-electron chi connectivity index (χ2n) is 16.0. The smallest absolute Gasteiger partial charge is 0.407 e. The number of amides is 1. The third-order valence-electron chi connectivity index (χ3n) is 8.98. The quantitative estimate of drug-likeness (QED) is 0.151. The Morgan fingerprint density at radius 1 is 0.782 bits per heavy atom. The van der Waals surface area contributed by atoms with Crippen molar-refractivity contribution in [3.8, 4) is 45.3 Å². The Labute approximate surface area is 342 Å². The van der Waals surface area contributed by atoms with Crippen molar-refractivity contribution in [1.29, 1.82) is 0 Å². The van der Waals surface area contributed by atoms with Crippen molar-refractivity contribution in [2.45, 2.75) is 105 Å². The molecule has 6 rings (SSSR count). The third kappa shape index (κ3) is 11.4. The van der Waals surface area contributed by atoms with Crippen molar-refractivity contribution in [1.82, 2.24) is 15.3 Å². The number of carbonyl (C=O) groups excluding carboxylic acids is 1. The Morgan fingerprint density at radius 3 is 1.71 bits per heavy atom. The zero-order chi connectivity index (χ0) is 40.0. The van der Waals surface area contributed by atoms with Gasteiger partial charge < -0.3 is 34.7 Å². The number of alkyl carbamates (subject to hydrolysis) is 1. The fraction of sp³-hybridized carbons (Fsp3) is 0.465. The first kappa shape index (κ1) is 42.3. The number of aromatic nitrogens is 2. The highest BCUT2D eigenvalue weighted by molar-refractivity contribution is 9.11. The summed E-state index contributed by atoms with van der Waals surface area (Å²) in [6.07, 6.45) is 8.47. The summed E-state index contributed by atoms with van der Waals surface area (Å²) in [6.45, 7) is 18.9. The summed E-state index contributed by atoms with van der Waals surface area (Å²) < 4.78 is 31.3. The molecule has 2 aliphatic heterocycles. The third-order valence-corrected chi connectivity index (χ3v) is 10.2. The maximum atomic E-state index is 12.3. The van der Waals surface area contributed by atoms with Crippen LogP contribution >= 0.6 is 31.9 Å². The van der Waals surface area contributed by atoms with Crippen LogP contribution in [0.15, 0.2) is 70.1 Å². The van der Waals surface area contributed by atoms with Crippen molar-refractivity contribution >= 4 is 38.0 Å². The molecule has 4 aromatic rings. The molecule has 2 aromatic heterocycles. The van der Waals surface area contributed by atoms with Gasteiger partial charge in [-0.05, 0) is 127 Å². The normalized spacial score (nSPS) is 16.5. The van der Waals surface area contributed by atoms with E-state index in [1.807, 2.05) is 89.6 Å². The number of halogens is 2. The summed E-state index contributed by atoms with van der Waals surface area (Å²) in [5.74, 6) is 3.98. The lowest BCUT2D eigenvalue weighted by atomic mass is 9.95. The number of fused-ring (bicyclic) bond motifs is 6. The molecule has 0 saturated heterocycles. The summed E-state index contributed by atoms with van der Waals surface area (Å²) in [6, 6.07) is 11.8. The molecule has 1 amide bonds. The molecule has 0 saturated carbocycles. The number of carbonyl (C=O) groups is 1. The number of benzene rings is 2. The molecular formula is C43H54Br2N4O6. The van der Waals surface area contributed by atoms with Crippen LogP contribution in [0.1, 0.15) is 98.5 Å². The van der Waals surface area contributed by atoms with Crippen molar-refractivity contribution < 1.29 is 28.5 Å². The first-order valence-corrected chi connectivity index (χ1v) is 20.5. The predicted molar refractivity (Wildman–Crippen MR) is 224 cm³/mol. The molecule has 12 heteroatoms. The Bertz CT molecular complexity index is 1950. The van der Waals surface area contributed by atoms with E-state index in [0.29, 0.717) is 30.8 Å². The minimum atomic E-state index is -0.547. The lowest BCUT2D eigenvalue weighted by Gasteiger charge is -2.27. The second kappa shape index (κ2) is 18.4. The summed E-state index contributed by atoms with van der Waals surface area (Å²) in [7, 11) is 0. The van der Waals surface area contributed by atoms with E-state index in [0.717, 1.165) is 72.4 Å². The molecule has 4 atom stereocenters. The topological polar surface area (TPSA) is 127 Å².